The molecule has 0 aliphatic carbocycles. The number of carbonyl (C=O) groups excluding carboxylic acids is 2. The van der Waals surface area contributed by atoms with Crippen LogP contribution in [0.25, 0.3) is 0 Å². The van der Waals surface area contributed by atoms with E-state index in [1.54, 1.807) is 31.2 Å². The molecule has 2 N–H and O–H groups in total. The summed E-state index contributed by atoms with van der Waals surface area (Å²) in [4.78, 5) is 37.8. The Labute approximate surface area is 115 Å². The second-order valence-electron chi connectivity index (χ2n) is 4.49. The van der Waals surface area contributed by atoms with Crippen molar-refractivity contribution in [1.82, 2.24) is 4.98 Å². The fourth-order valence-electron chi connectivity index (χ4n) is 1.77. The molecule has 0 radical (unpaired) electrons. The summed E-state index contributed by atoms with van der Waals surface area (Å²) in [7, 11) is 0. The van der Waals surface area contributed by atoms with E-state index in [0.717, 1.165) is 0 Å². The number of nitrogens with one attached hydrogen (secondary N) is 2. The first kappa shape index (κ1) is 13.7. The first-order chi connectivity index (χ1) is 9.47. The summed E-state index contributed by atoms with van der Waals surface area (Å²) in [6.07, 6.45) is 1.38. The average molecular weight is 270 g/mol. The molecule has 1 heterocycles. The molecule has 0 bridgehead atoms. The van der Waals surface area contributed by atoms with Crippen LogP contribution in [0.3, 0.4) is 0 Å². The van der Waals surface area contributed by atoms with Gasteiger partial charge in [0.1, 0.15) is 5.56 Å². The van der Waals surface area contributed by atoms with E-state index >= 15 is 0 Å². The lowest BCUT2D eigenvalue weighted by molar-refractivity contribution is 0.101. The Kier molecular flexibility index (Phi) is 3.79. The van der Waals surface area contributed by atoms with Crippen molar-refractivity contribution in [1.29, 1.82) is 0 Å². The van der Waals surface area contributed by atoms with Gasteiger partial charge in [0, 0.05) is 29.2 Å². The molecule has 1 aromatic carbocycles. The third kappa shape index (κ3) is 3.00. The smallest absolute Gasteiger partial charge is 0.261 e. The fourth-order valence-corrected chi connectivity index (χ4v) is 1.77. The predicted octanol–water partition coefficient (Wildman–Crippen LogP) is 2.14. The molecule has 2 aromatic rings. The van der Waals surface area contributed by atoms with Gasteiger partial charge in [-0.2, -0.15) is 0 Å². The van der Waals surface area contributed by atoms with E-state index in [1.807, 2.05) is 0 Å². The summed E-state index contributed by atoms with van der Waals surface area (Å²) >= 11 is 0. The van der Waals surface area contributed by atoms with E-state index in [2.05, 4.69) is 10.3 Å². The normalized spacial score (nSPS) is 10.1. The lowest BCUT2D eigenvalue weighted by Gasteiger charge is -2.06. The predicted molar refractivity (Wildman–Crippen MR) is 76.2 cm³/mol. The molecular formula is C15H14N2O3. The van der Waals surface area contributed by atoms with E-state index in [9.17, 15) is 14.4 Å². The molecule has 0 saturated heterocycles. The number of ketones is 1. The number of aryl methyl sites for hydroxylation is 1. The highest BCUT2D eigenvalue weighted by Crippen LogP contribution is 2.12. The molecule has 0 atom stereocenters. The van der Waals surface area contributed by atoms with Crippen molar-refractivity contribution in [2.24, 2.45) is 0 Å². The molecule has 1 amide bonds. The number of carbonyl (C=O) groups is 2. The van der Waals surface area contributed by atoms with Gasteiger partial charge in [-0.3, -0.25) is 14.4 Å². The van der Waals surface area contributed by atoms with Gasteiger partial charge in [-0.1, -0.05) is 12.1 Å². The van der Waals surface area contributed by atoms with Crippen molar-refractivity contribution in [3.05, 3.63) is 63.6 Å². The summed E-state index contributed by atoms with van der Waals surface area (Å²) in [5, 5.41) is 2.60. The molecule has 102 valence electrons. The number of anilines is 1. The monoisotopic (exact) mass is 270 g/mol. The van der Waals surface area contributed by atoms with Crippen LogP contribution >= 0.6 is 0 Å². The molecular weight excluding hydrogens is 256 g/mol. The molecule has 5 heteroatoms. The summed E-state index contributed by atoms with van der Waals surface area (Å²) in [5.74, 6) is -0.596. The Hall–Kier alpha value is -2.69. The number of amides is 1. The molecule has 2 rings (SSSR count). The quantitative estimate of drug-likeness (QED) is 0.839. The fraction of sp³-hybridized carbons (Fsp3) is 0.133. The standard InChI is InChI=1S/C15H14N2O3/c1-9-6-14(19)13(8-16-9)15(20)17-12-5-3-4-11(7-12)10(2)18/h3-8H,1-2H3,(H,16,19)(H,17,20). The molecule has 1 aromatic heterocycles. The number of hydrogen-bond donors (Lipinski definition) is 2. The number of Topliss-reactive ketones (excluding diaryl/α,β-unsaturated/α-hetero) is 1. The second-order valence-corrected chi connectivity index (χ2v) is 4.49. The van der Waals surface area contributed by atoms with Crippen molar-refractivity contribution in [3.63, 3.8) is 0 Å². The largest absolute Gasteiger partial charge is 0.364 e. The van der Waals surface area contributed by atoms with Gasteiger partial charge in [0.15, 0.2) is 11.2 Å². The number of benzene rings is 1. The maximum absolute atomic E-state index is 12.0. The molecule has 0 fully saturated rings. The molecule has 0 spiro atoms. The number of pyridine rings is 1. The Morgan fingerprint density at radius 2 is 1.95 bits per heavy atom. The molecule has 0 saturated carbocycles. The third-order valence-corrected chi connectivity index (χ3v) is 2.83. The van der Waals surface area contributed by atoms with E-state index in [1.165, 1.54) is 19.2 Å². The van der Waals surface area contributed by atoms with Crippen LogP contribution in [-0.2, 0) is 0 Å². The molecule has 0 aliphatic rings. The van der Waals surface area contributed by atoms with E-state index < -0.39 is 5.91 Å². The van der Waals surface area contributed by atoms with Crippen LogP contribution in [0.1, 0.15) is 33.3 Å². The minimum absolute atomic E-state index is 0.0313. The summed E-state index contributed by atoms with van der Waals surface area (Å²) < 4.78 is 0. The summed E-state index contributed by atoms with van der Waals surface area (Å²) in [5.41, 5.74) is 1.35. The van der Waals surface area contributed by atoms with Gasteiger partial charge in [-0.15, -0.1) is 0 Å². The zero-order valence-electron chi connectivity index (χ0n) is 11.2. The first-order valence-corrected chi connectivity index (χ1v) is 6.09. The van der Waals surface area contributed by atoms with Crippen molar-refractivity contribution >= 4 is 17.4 Å². The Morgan fingerprint density at radius 1 is 1.20 bits per heavy atom. The van der Waals surface area contributed by atoms with E-state index in [0.29, 0.717) is 16.9 Å². The topological polar surface area (TPSA) is 79.0 Å². The van der Waals surface area contributed by atoms with Crippen LogP contribution in [0.2, 0.25) is 0 Å². The lowest BCUT2D eigenvalue weighted by atomic mass is 10.1. The van der Waals surface area contributed by atoms with Gasteiger partial charge in [-0.25, -0.2) is 0 Å². The highest BCUT2D eigenvalue weighted by atomic mass is 16.2. The van der Waals surface area contributed by atoms with Gasteiger partial charge >= 0.3 is 0 Å². The van der Waals surface area contributed by atoms with Crippen molar-refractivity contribution in [3.8, 4) is 0 Å². The van der Waals surface area contributed by atoms with Crippen LogP contribution < -0.4 is 10.7 Å². The summed E-state index contributed by atoms with van der Waals surface area (Å²) in [6.45, 7) is 3.19. The molecule has 5 nitrogen and oxygen atoms in total. The number of aromatic amines is 1. The van der Waals surface area contributed by atoms with Gasteiger partial charge in [-0.05, 0) is 26.0 Å². The number of rotatable bonds is 3. The van der Waals surface area contributed by atoms with Crippen LogP contribution in [0, 0.1) is 6.92 Å². The van der Waals surface area contributed by atoms with Gasteiger partial charge in [0.2, 0.25) is 0 Å². The van der Waals surface area contributed by atoms with E-state index in [-0.39, 0.29) is 16.8 Å². The number of aromatic nitrogens is 1. The number of hydrogen-bond acceptors (Lipinski definition) is 3. The van der Waals surface area contributed by atoms with Crippen LogP contribution in [0.4, 0.5) is 5.69 Å². The van der Waals surface area contributed by atoms with E-state index in [4.69, 9.17) is 0 Å². The van der Waals surface area contributed by atoms with Crippen LogP contribution in [0.5, 0.6) is 0 Å². The minimum atomic E-state index is -0.507. The van der Waals surface area contributed by atoms with Crippen molar-refractivity contribution in [2.45, 2.75) is 13.8 Å². The van der Waals surface area contributed by atoms with Crippen LogP contribution in [0.15, 0.2) is 41.3 Å². The lowest BCUT2D eigenvalue weighted by Crippen LogP contribution is -2.21. The van der Waals surface area contributed by atoms with Crippen LogP contribution in [-0.4, -0.2) is 16.7 Å². The zero-order chi connectivity index (χ0) is 14.7. The Morgan fingerprint density at radius 3 is 2.60 bits per heavy atom. The maximum atomic E-state index is 12.0. The van der Waals surface area contributed by atoms with Gasteiger partial charge in [0.05, 0.1) is 0 Å². The SMILES string of the molecule is CC(=O)c1cccc(NC(=O)c2c[nH]c(C)cc2=O)c1. The Balaban J connectivity index is 2.25. The highest BCUT2D eigenvalue weighted by Gasteiger charge is 2.11. The van der Waals surface area contributed by atoms with Crippen molar-refractivity contribution in [2.75, 3.05) is 5.32 Å². The molecule has 0 unspecified atom stereocenters. The Bertz CT molecular complexity index is 732. The highest BCUT2D eigenvalue weighted by molar-refractivity contribution is 6.04. The maximum Gasteiger partial charge on any atom is 0.261 e. The summed E-state index contributed by atoms with van der Waals surface area (Å²) in [6, 6.07) is 7.93. The third-order valence-electron chi connectivity index (χ3n) is 2.83. The average Bonchev–Trinajstić information content (AvgIpc) is 2.38. The van der Waals surface area contributed by atoms with Crippen molar-refractivity contribution < 1.29 is 9.59 Å². The second kappa shape index (κ2) is 5.52. The molecule has 0 aliphatic heterocycles. The first-order valence-electron chi connectivity index (χ1n) is 6.09. The van der Waals surface area contributed by atoms with Gasteiger partial charge in [0.25, 0.3) is 5.91 Å². The zero-order valence-corrected chi connectivity index (χ0v) is 11.2. The minimum Gasteiger partial charge on any atom is -0.364 e. The van der Waals surface area contributed by atoms with Gasteiger partial charge < -0.3 is 10.3 Å². The molecule has 20 heavy (non-hydrogen) atoms. The number of H-pyrrole nitrogens is 1.